The van der Waals surface area contributed by atoms with Crippen LogP contribution in [0.3, 0.4) is 0 Å². The average molecular weight is 423 g/mol. The van der Waals surface area contributed by atoms with E-state index in [1.807, 2.05) is 30.3 Å². The number of morpholine rings is 1. The molecule has 0 saturated carbocycles. The van der Waals surface area contributed by atoms with Gasteiger partial charge in [0.05, 0.1) is 24.5 Å². The number of carbonyl (C=O) groups excluding carboxylic acids is 1. The minimum Gasteiger partial charge on any atom is -0.378 e. The van der Waals surface area contributed by atoms with Crippen molar-refractivity contribution in [3.8, 4) is 6.07 Å². The van der Waals surface area contributed by atoms with Gasteiger partial charge in [-0.25, -0.2) is 4.98 Å². The van der Waals surface area contributed by atoms with Gasteiger partial charge < -0.3 is 15.0 Å². The molecule has 2 aromatic rings. The van der Waals surface area contributed by atoms with Crippen LogP contribution in [0.1, 0.15) is 35.1 Å². The Bertz CT molecular complexity index is 936. The van der Waals surface area contributed by atoms with Gasteiger partial charge in [-0.15, -0.1) is 0 Å². The third-order valence-corrected chi connectivity index (χ3v) is 6.53. The minimum absolute atomic E-state index is 0.0554. The van der Waals surface area contributed by atoms with Gasteiger partial charge in [-0.3, -0.25) is 4.79 Å². The summed E-state index contributed by atoms with van der Waals surface area (Å²) in [5, 5.41) is 13.5. The molecule has 1 fully saturated rings. The summed E-state index contributed by atoms with van der Waals surface area (Å²) in [6.07, 6.45) is 4.10. The van der Waals surface area contributed by atoms with E-state index in [2.05, 4.69) is 16.3 Å². The van der Waals surface area contributed by atoms with Crippen LogP contribution in [0.25, 0.3) is 0 Å². The molecule has 7 heteroatoms. The van der Waals surface area contributed by atoms with Gasteiger partial charge in [-0.2, -0.15) is 5.26 Å². The van der Waals surface area contributed by atoms with Crippen LogP contribution < -0.4 is 10.2 Å². The molecule has 0 bridgehead atoms. The number of nitriles is 1. The zero-order valence-electron chi connectivity index (χ0n) is 17.0. The maximum atomic E-state index is 12.4. The summed E-state index contributed by atoms with van der Waals surface area (Å²) < 4.78 is 5.50. The monoisotopic (exact) mass is 422 g/mol. The normalized spacial score (nSPS) is 15.9. The van der Waals surface area contributed by atoms with Crippen molar-refractivity contribution in [2.24, 2.45) is 0 Å². The molecule has 2 aliphatic rings. The number of anilines is 1. The second kappa shape index (κ2) is 9.96. The zero-order valence-corrected chi connectivity index (χ0v) is 17.8. The summed E-state index contributed by atoms with van der Waals surface area (Å²) in [7, 11) is 0. The van der Waals surface area contributed by atoms with Crippen LogP contribution in [0, 0.1) is 11.3 Å². The van der Waals surface area contributed by atoms with E-state index in [0.717, 1.165) is 55.7 Å². The van der Waals surface area contributed by atoms with E-state index < -0.39 is 0 Å². The number of fused-ring (bicyclic) bond motifs is 1. The van der Waals surface area contributed by atoms with Crippen LogP contribution in [-0.2, 0) is 28.9 Å². The minimum atomic E-state index is -0.0554. The molecule has 0 atom stereocenters. The van der Waals surface area contributed by atoms with E-state index in [1.165, 1.54) is 17.3 Å². The first-order valence-corrected chi connectivity index (χ1v) is 11.5. The number of aromatic nitrogens is 1. The molecule has 1 aromatic heterocycles. The molecule has 30 heavy (non-hydrogen) atoms. The van der Waals surface area contributed by atoms with Crippen LogP contribution in [0.15, 0.2) is 35.4 Å². The maximum absolute atomic E-state index is 12.4. The highest BCUT2D eigenvalue weighted by Crippen LogP contribution is 2.36. The Morgan fingerprint density at radius 3 is 2.63 bits per heavy atom. The number of nitrogens with zero attached hydrogens (tertiary/aromatic N) is 3. The van der Waals surface area contributed by atoms with Crippen molar-refractivity contribution in [1.29, 1.82) is 5.26 Å². The summed E-state index contributed by atoms with van der Waals surface area (Å²) in [5.41, 5.74) is 4.07. The van der Waals surface area contributed by atoms with E-state index in [4.69, 9.17) is 9.72 Å². The number of carbonyl (C=O) groups is 1. The highest BCUT2D eigenvalue weighted by Gasteiger charge is 2.26. The summed E-state index contributed by atoms with van der Waals surface area (Å²) in [6, 6.07) is 12.2. The Hall–Kier alpha value is -2.56. The molecule has 1 amide bonds. The number of pyridine rings is 1. The lowest BCUT2D eigenvalue weighted by Crippen LogP contribution is -2.38. The Morgan fingerprint density at radius 2 is 1.90 bits per heavy atom. The molecular weight excluding hydrogens is 396 g/mol. The van der Waals surface area contributed by atoms with Crippen molar-refractivity contribution in [2.45, 2.75) is 37.3 Å². The molecule has 1 aliphatic carbocycles. The van der Waals surface area contributed by atoms with E-state index >= 15 is 0 Å². The first-order valence-electron chi connectivity index (χ1n) is 10.5. The van der Waals surface area contributed by atoms with Crippen molar-refractivity contribution in [3.05, 3.63) is 52.6 Å². The molecular formula is C23H26N4O2S. The molecule has 0 spiro atoms. The van der Waals surface area contributed by atoms with Crippen LogP contribution in [0.4, 0.5) is 5.82 Å². The van der Waals surface area contributed by atoms with Crippen LogP contribution in [0.5, 0.6) is 0 Å². The van der Waals surface area contributed by atoms with Gasteiger partial charge in [0.25, 0.3) is 0 Å². The fourth-order valence-corrected chi connectivity index (χ4v) is 4.85. The number of benzene rings is 1. The van der Waals surface area contributed by atoms with Gasteiger partial charge in [0.2, 0.25) is 5.91 Å². The van der Waals surface area contributed by atoms with Gasteiger partial charge in [-0.05, 0) is 42.4 Å². The van der Waals surface area contributed by atoms with E-state index in [1.54, 1.807) is 0 Å². The number of thioether (sulfide) groups is 1. The van der Waals surface area contributed by atoms with Gasteiger partial charge in [0, 0.05) is 19.6 Å². The van der Waals surface area contributed by atoms with Crippen molar-refractivity contribution in [1.82, 2.24) is 10.3 Å². The fraction of sp³-hybridized carbons (Fsp3) is 0.435. The molecule has 156 valence electrons. The van der Waals surface area contributed by atoms with E-state index in [0.29, 0.717) is 30.3 Å². The first kappa shape index (κ1) is 20.7. The quantitative estimate of drug-likeness (QED) is 0.721. The highest BCUT2D eigenvalue weighted by atomic mass is 32.2. The number of hydrogen-bond donors (Lipinski definition) is 1. The van der Waals surface area contributed by atoms with Gasteiger partial charge in [0.1, 0.15) is 16.9 Å². The van der Waals surface area contributed by atoms with Crippen molar-refractivity contribution in [3.63, 3.8) is 0 Å². The van der Waals surface area contributed by atoms with E-state index in [-0.39, 0.29) is 11.7 Å². The van der Waals surface area contributed by atoms with Gasteiger partial charge >= 0.3 is 0 Å². The van der Waals surface area contributed by atoms with Crippen molar-refractivity contribution in [2.75, 3.05) is 37.0 Å². The largest absolute Gasteiger partial charge is 0.378 e. The van der Waals surface area contributed by atoms with Gasteiger partial charge in [0.15, 0.2) is 0 Å². The summed E-state index contributed by atoms with van der Waals surface area (Å²) in [5.74, 6) is 1.18. The third-order valence-electron chi connectivity index (χ3n) is 5.56. The molecule has 2 heterocycles. The SMILES string of the molecule is N#Cc1c(SCC(=O)NCc2ccccc2)nc(N2CCOCC2)c2c1CCCC2. The second-order valence-corrected chi connectivity index (χ2v) is 8.51. The smallest absolute Gasteiger partial charge is 0.230 e. The average Bonchev–Trinajstić information content (AvgIpc) is 2.81. The summed E-state index contributed by atoms with van der Waals surface area (Å²) in [6.45, 7) is 3.52. The molecule has 6 nitrogen and oxygen atoms in total. The molecule has 1 saturated heterocycles. The lowest BCUT2D eigenvalue weighted by atomic mass is 9.89. The Labute approximate surface area is 181 Å². The number of amides is 1. The Kier molecular flexibility index (Phi) is 6.88. The molecule has 1 aromatic carbocycles. The number of hydrogen-bond acceptors (Lipinski definition) is 6. The number of rotatable bonds is 6. The van der Waals surface area contributed by atoms with Crippen LogP contribution in [0.2, 0.25) is 0 Å². The topological polar surface area (TPSA) is 78.2 Å². The summed E-state index contributed by atoms with van der Waals surface area (Å²) >= 11 is 1.36. The van der Waals surface area contributed by atoms with Crippen molar-refractivity contribution < 1.29 is 9.53 Å². The molecule has 0 unspecified atom stereocenters. The number of nitrogens with one attached hydrogen (secondary N) is 1. The fourth-order valence-electron chi connectivity index (χ4n) is 4.01. The molecule has 0 radical (unpaired) electrons. The number of ether oxygens (including phenoxy) is 1. The predicted molar refractivity (Wildman–Crippen MR) is 118 cm³/mol. The lowest BCUT2D eigenvalue weighted by Gasteiger charge is -2.32. The predicted octanol–water partition coefficient (Wildman–Crippen LogP) is 3.08. The van der Waals surface area contributed by atoms with Crippen LogP contribution in [-0.4, -0.2) is 42.9 Å². The second-order valence-electron chi connectivity index (χ2n) is 7.54. The third kappa shape index (κ3) is 4.77. The molecule has 1 N–H and O–H groups in total. The maximum Gasteiger partial charge on any atom is 0.230 e. The van der Waals surface area contributed by atoms with Crippen molar-refractivity contribution >= 4 is 23.5 Å². The Balaban J connectivity index is 1.51. The zero-order chi connectivity index (χ0) is 20.8. The standard InChI is InChI=1S/C23H26N4O2S/c24-14-20-18-8-4-5-9-19(18)22(27-10-12-29-13-11-27)26-23(20)30-16-21(28)25-15-17-6-2-1-3-7-17/h1-3,6-7H,4-5,8-13,15-16H2,(H,25,28). The molecule has 1 aliphatic heterocycles. The highest BCUT2D eigenvalue weighted by molar-refractivity contribution is 8.00. The summed E-state index contributed by atoms with van der Waals surface area (Å²) in [4.78, 5) is 19.6. The van der Waals surface area contributed by atoms with Crippen LogP contribution >= 0.6 is 11.8 Å². The molecule has 4 rings (SSSR count). The first-order chi connectivity index (χ1) is 14.8. The Morgan fingerprint density at radius 1 is 1.17 bits per heavy atom. The lowest BCUT2D eigenvalue weighted by molar-refractivity contribution is -0.118. The van der Waals surface area contributed by atoms with Gasteiger partial charge in [-0.1, -0.05) is 42.1 Å². The van der Waals surface area contributed by atoms with E-state index in [9.17, 15) is 10.1 Å².